The van der Waals surface area contributed by atoms with Crippen molar-refractivity contribution in [3.63, 3.8) is 0 Å². The number of carbonyl (C=O) groups is 1. The van der Waals surface area contributed by atoms with Crippen molar-refractivity contribution in [2.24, 2.45) is 0 Å². The highest BCUT2D eigenvalue weighted by molar-refractivity contribution is 8.00. The largest absolute Gasteiger partial charge is 0.360 e. The van der Waals surface area contributed by atoms with Crippen molar-refractivity contribution in [1.82, 2.24) is 9.88 Å². The van der Waals surface area contributed by atoms with E-state index in [9.17, 15) is 4.79 Å². The predicted molar refractivity (Wildman–Crippen MR) is 85.6 cm³/mol. The molecule has 2 heterocycles. The highest BCUT2D eigenvalue weighted by Crippen LogP contribution is 2.25. The zero-order valence-electron chi connectivity index (χ0n) is 11.9. The molecule has 0 radical (unpaired) electrons. The second kappa shape index (κ2) is 5.62. The van der Waals surface area contributed by atoms with E-state index in [2.05, 4.69) is 23.7 Å². The van der Waals surface area contributed by atoms with E-state index in [1.165, 1.54) is 0 Å². The van der Waals surface area contributed by atoms with Gasteiger partial charge in [-0.2, -0.15) is 11.8 Å². The van der Waals surface area contributed by atoms with Crippen molar-refractivity contribution in [3.05, 3.63) is 36.0 Å². The number of nitrogens with one attached hydrogen (secondary N) is 1. The Kier molecular flexibility index (Phi) is 3.85. The molecule has 1 aromatic carbocycles. The summed E-state index contributed by atoms with van der Waals surface area (Å²) in [6.45, 7) is 7.01. The Hall–Kier alpha value is -1.26. The molecule has 1 N–H and O–H groups in total. The number of para-hydroxylation sites is 1. The Balaban J connectivity index is 1.76. The zero-order valence-corrected chi connectivity index (χ0v) is 12.7. The summed E-state index contributed by atoms with van der Waals surface area (Å²) >= 11 is 2.01. The molecule has 0 saturated carbocycles. The molecular formula is C16H20N2OS. The average Bonchev–Trinajstić information content (AvgIpc) is 2.81. The summed E-state index contributed by atoms with van der Waals surface area (Å²) in [5, 5.41) is 2.24. The number of aromatic nitrogens is 1. The summed E-state index contributed by atoms with van der Waals surface area (Å²) in [4.78, 5) is 18.0. The second-order valence-electron chi connectivity index (χ2n) is 5.62. The smallest absolute Gasteiger partial charge is 0.178 e. The molecule has 0 aliphatic carbocycles. The van der Waals surface area contributed by atoms with Crippen LogP contribution in [0.5, 0.6) is 0 Å². The highest BCUT2D eigenvalue weighted by atomic mass is 32.2. The molecule has 1 aliphatic heterocycles. The summed E-state index contributed by atoms with van der Waals surface area (Å²) in [6, 6.07) is 7.98. The maximum Gasteiger partial charge on any atom is 0.178 e. The second-order valence-corrected chi connectivity index (χ2v) is 7.50. The van der Waals surface area contributed by atoms with Gasteiger partial charge in [0.1, 0.15) is 0 Å². The van der Waals surface area contributed by atoms with Gasteiger partial charge in [0.05, 0.1) is 6.54 Å². The third kappa shape index (κ3) is 2.76. The molecule has 1 saturated heterocycles. The van der Waals surface area contributed by atoms with Crippen LogP contribution in [-0.4, -0.2) is 45.8 Å². The first-order valence-electron chi connectivity index (χ1n) is 7.10. The van der Waals surface area contributed by atoms with Crippen LogP contribution in [0.2, 0.25) is 0 Å². The lowest BCUT2D eigenvalue weighted by Crippen LogP contribution is -2.42. The fourth-order valence-corrected chi connectivity index (χ4v) is 4.39. The van der Waals surface area contributed by atoms with E-state index in [0.29, 0.717) is 17.0 Å². The number of thioether (sulfide) groups is 1. The lowest BCUT2D eigenvalue weighted by atomic mass is 10.1. The standard InChI is InChI=1S/C16H20N2OS/c1-11-8-18(9-12(2)20-11)10-16(19)14-7-17-15-6-4-3-5-13(14)15/h3-7,11-12,17H,8-10H2,1-2H3. The minimum Gasteiger partial charge on any atom is -0.360 e. The van der Waals surface area contributed by atoms with Crippen LogP contribution in [0.3, 0.4) is 0 Å². The number of hydrogen-bond acceptors (Lipinski definition) is 3. The van der Waals surface area contributed by atoms with Crippen molar-refractivity contribution in [2.75, 3.05) is 19.6 Å². The van der Waals surface area contributed by atoms with Crippen LogP contribution in [0, 0.1) is 0 Å². The first kappa shape index (κ1) is 13.7. The molecule has 3 rings (SSSR count). The van der Waals surface area contributed by atoms with Gasteiger partial charge >= 0.3 is 0 Å². The van der Waals surface area contributed by atoms with E-state index in [1.54, 1.807) is 0 Å². The summed E-state index contributed by atoms with van der Waals surface area (Å²) < 4.78 is 0. The Morgan fingerprint density at radius 3 is 2.75 bits per heavy atom. The summed E-state index contributed by atoms with van der Waals surface area (Å²) in [5.74, 6) is 0.216. The summed E-state index contributed by atoms with van der Waals surface area (Å²) in [6.07, 6.45) is 1.85. The number of aromatic amines is 1. The lowest BCUT2D eigenvalue weighted by molar-refractivity contribution is 0.0931. The first-order valence-corrected chi connectivity index (χ1v) is 8.05. The molecule has 0 spiro atoms. The molecule has 3 nitrogen and oxygen atoms in total. The van der Waals surface area contributed by atoms with Crippen molar-refractivity contribution in [2.45, 2.75) is 24.3 Å². The first-order chi connectivity index (χ1) is 9.63. The van der Waals surface area contributed by atoms with Gasteiger partial charge in [0.2, 0.25) is 0 Å². The van der Waals surface area contributed by atoms with E-state index in [0.717, 1.165) is 29.6 Å². The maximum absolute atomic E-state index is 12.5. The number of H-pyrrole nitrogens is 1. The molecule has 1 aliphatic rings. The molecular weight excluding hydrogens is 268 g/mol. The molecule has 4 heteroatoms. The fraction of sp³-hybridized carbons (Fsp3) is 0.438. The zero-order chi connectivity index (χ0) is 14.1. The van der Waals surface area contributed by atoms with Crippen LogP contribution >= 0.6 is 11.8 Å². The van der Waals surface area contributed by atoms with Crippen LogP contribution in [-0.2, 0) is 0 Å². The molecule has 2 atom stereocenters. The molecule has 20 heavy (non-hydrogen) atoms. The number of carbonyl (C=O) groups excluding carboxylic acids is 1. The lowest BCUT2D eigenvalue weighted by Gasteiger charge is -2.33. The van der Waals surface area contributed by atoms with Crippen molar-refractivity contribution in [1.29, 1.82) is 0 Å². The van der Waals surface area contributed by atoms with E-state index in [1.807, 2.05) is 42.2 Å². The minimum absolute atomic E-state index is 0.216. The molecule has 0 bridgehead atoms. The van der Waals surface area contributed by atoms with Gasteiger partial charge in [-0.15, -0.1) is 0 Å². The Labute approximate surface area is 123 Å². The van der Waals surface area contributed by atoms with E-state index in [-0.39, 0.29) is 5.78 Å². The van der Waals surface area contributed by atoms with Gasteiger partial charge in [0.25, 0.3) is 0 Å². The number of ketones is 1. The van der Waals surface area contributed by atoms with Gasteiger partial charge in [0, 0.05) is 46.3 Å². The molecule has 1 aromatic heterocycles. The topological polar surface area (TPSA) is 36.1 Å². The monoisotopic (exact) mass is 288 g/mol. The van der Waals surface area contributed by atoms with Crippen LogP contribution in [0.15, 0.2) is 30.5 Å². The third-order valence-corrected chi connectivity index (χ3v) is 4.98. The van der Waals surface area contributed by atoms with Gasteiger partial charge in [-0.25, -0.2) is 0 Å². The summed E-state index contributed by atoms with van der Waals surface area (Å²) in [7, 11) is 0. The highest BCUT2D eigenvalue weighted by Gasteiger charge is 2.24. The van der Waals surface area contributed by atoms with Crippen LogP contribution in [0.1, 0.15) is 24.2 Å². The number of fused-ring (bicyclic) bond motifs is 1. The minimum atomic E-state index is 0.216. The van der Waals surface area contributed by atoms with Gasteiger partial charge in [0.15, 0.2) is 5.78 Å². The number of rotatable bonds is 3. The predicted octanol–water partition coefficient (Wildman–Crippen LogP) is 3.18. The SMILES string of the molecule is CC1CN(CC(=O)c2c[nH]c3ccccc23)CC(C)S1. The van der Waals surface area contributed by atoms with Gasteiger partial charge in [-0.1, -0.05) is 32.0 Å². The van der Waals surface area contributed by atoms with Crippen LogP contribution < -0.4 is 0 Å². The van der Waals surface area contributed by atoms with E-state index >= 15 is 0 Å². The maximum atomic E-state index is 12.5. The van der Waals surface area contributed by atoms with Gasteiger partial charge in [-0.3, -0.25) is 9.69 Å². The summed E-state index contributed by atoms with van der Waals surface area (Å²) in [5.41, 5.74) is 1.85. The normalized spacial score (nSPS) is 24.1. The molecule has 2 aromatic rings. The van der Waals surface area contributed by atoms with Crippen molar-refractivity contribution in [3.8, 4) is 0 Å². The number of hydrogen-bond donors (Lipinski definition) is 1. The Morgan fingerprint density at radius 1 is 1.30 bits per heavy atom. The number of nitrogens with zero attached hydrogens (tertiary/aromatic N) is 1. The average molecular weight is 288 g/mol. The van der Waals surface area contributed by atoms with Crippen molar-refractivity contribution >= 4 is 28.4 Å². The number of Topliss-reactive ketones (excluding diaryl/α,β-unsaturated/α-hetero) is 1. The molecule has 1 fully saturated rings. The van der Waals surface area contributed by atoms with Crippen LogP contribution in [0.25, 0.3) is 10.9 Å². The van der Waals surface area contributed by atoms with Gasteiger partial charge in [-0.05, 0) is 6.07 Å². The third-order valence-electron chi connectivity index (χ3n) is 3.75. The molecule has 106 valence electrons. The van der Waals surface area contributed by atoms with E-state index < -0.39 is 0 Å². The molecule has 2 unspecified atom stereocenters. The Morgan fingerprint density at radius 2 is 2.00 bits per heavy atom. The fourth-order valence-electron chi connectivity index (χ4n) is 3.00. The Bertz CT molecular complexity index is 612. The van der Waals surface area contributed by atoms with Crippen molar-refractivity contribution < 1.29 is 4.79 Å². The van der Waals surface area contributed by atoms with Gasteiger partial charge < -0.3 is 4.98 Å². The quantitative estimate of drug-likeness (QED) is 0.881. The van der Waals surface area contributed by atoms with E-state index in [4.69, 9.17) is 0 Å². The molecule has 0 amide bonds. The number of benzene rings is 1. The van der Waals surface area contributed by atoms with Crippen LogP contribution in [0.4, 0.5) is 0 Å².